The van der Waals surface area contributed by atoms with Gasteiger partial charge < -0.3 is 15.2 Å². The average Bonchev–Trinajstić information content (AvgIpc) is 2.64. The normalized spacial score (nSPS) is 27.7. The third kappa shape index (κ3) is 3.89. The van der Waals surface area contributed by atoms with Gasteiger partial charge >= 0.3 is 5.97 Å². The third-order valence-corrected chi connectivity index (χ3v) is 6.25. The van der Waals surface area contributed by atoms with Crippen molar-refractivity contribution in [3.05, 3.63) is 29.3 Å². The Kier molecular flexibility index (Phi) is 5.09. The number of carbonyl (C=O) groups is 1. The summed E-state index contributed by atoms with van der Waals surface area (Å²) in [5, 5.41) is 22.8. The van der Waals surface area contributed by atoms with E-state index in [2.05, 4.69) is 10.3 Å². The van der Waals surface area contributed by atoms with Crippen molar-refractivity contribution >= 4 is 23.4 Å². The van der Waals surface area contributed by atoms with Gasteiger partial charge in [-0.1, -0.05) is 11.6 Å². The summed E-state index contributed by atoms with van der Waals surface area (Å²) in [6, 6.07) is 7.03. The summed E-state index contributed by atoms with van der Waals surface area (Å²) in [5.74, 6) is 0.407. The van der Waals surface area contributed by atoms with E-state index in [0.29, 0.717) is 35.9 Å². The molecule has 0 aromatic heterocycles. The number of amidine groups is 1. The molecule has 6 nitrogen and oxygen atoms in total. The third-order valence-electron chi connectivity index (χ3n) is 6.00. The van der Waals surface area contributed by atoms with Crippen LogP contribution in [0.2, 0.25) is 5.02 Å². The molecule has 27 heavy (non-hydrogen) atoms. The number of carboxylic acid groups (broad SMARTS) is 1. The number of aliphatic imine (C=N–C) groups is 1. The Hall–Kier alpha value is -2.26. The average molecular weight is 390 g/mol. The van der Waals surface area contributed by atoms with Crippen molar-refractivity contribution in [3.63, 3.8) is 0 Å². The number of nitrogens with one attached hydrogen (secondary N) is 1. The van der Waals surface area contributed by atoms with Crippen molar-refractivity contribution in [1.29, 1.82) is 5.26 Å². The molecular formula is C20H24ClN3O3. The van der Waals surface area contributed by atoms with Gasteiger partial charge in [-0.05, 0) is 76.6 Å². The first kappa shape index (κ1) is 19.5. The second-order valence-electron chi connectivity index (χ2n) is 8.12. The summed E-state index contributed by atoms with van der Waals surface area (Å²) < 4.78 is 6.08. The largest absolute Gasteiger partial charge is 0.481 e. The van der Waals surface area contributed by atoms with E-state index in [1.165, 1.54) is 0 Å². The molecule has 3 saturated carbocycles. The van der Waals surface area contributed by atoms with Gasteiger partial charge in [0.05, 0.1) is 5.41 Å². The van der Waals surface area contributed by atoms with Crippen molar-refractivity contribution < 1.29 is 14.6 Å². The number of benzene rings is 1. The van der Waals surface area contributed by atoms with Crippen LogP contribution in [0.5, 0.6) is 5.75 Å². The molecule has 0 aliphatic heterocycles. The summed E-state index contributed by atoms with van der Waals surface area (Å²) >= 11 is 5.92. The zero-order valence-corrected chi connectivity index (χ0v) is 16.3. The lowest BCUT2D eigenvalue weighted by atomic mass is 9.57. The van der Waals surface area contributed by atoms with Gasteiger partial charge in [0.15, 0.2) is 11.4 Å². The van der Waals surface area contributed by atoms with E-state index in [1.54, 1.807) is 24.3 Å². The van der Waals surface area contributed by atoms with Gasteiger partial charge in [-0.15, -0.1) is 0 Å². The monoisotopic (exact) mass is 389 g/mol. The Balaban J connectivity index is 1.77. The fraction of sp³-hybridized carbons (Fsp3) is 0.550. The highest BCUT2D eigenvalue weighted by molar-refractivity contribution is 6.30. The van der Waals surface area contributed by atoms with Gasteiger partial charge in [0.2, 0.25) is 6.19 Å². The molecule has 0 radical (unpaired) electrons. The molecule has 1 aromatic rings. The molecule has 4 rings (SSSR count). The van der Waals surface area contributed by atoms with Crippen LogP contribution in [0.25, 0.3) is 0 Å². The van der Waals surface area contributed by atoms with Crippen molar-refractivity contribution in [2.24, 2.45) is 10.4 Å². The lowest BCUT2D eigenvalue weighted by molar-refractivity contribution is -0.156. The molecule has 1 aromatic carbocycles. The van der Waals surface area contributed by atoms with E-state index < -0.39 is 17.0 Å². The van der Waals surface area contributed by atoms with E-state index in [-0.39, 0.29) is 5.54 Å². The topological polar surface area (TPSA) is 94.7 Å². The molecule has 7 heteroatoms. The molecule has 0 unspecified atom stereocenters. The fourth-order valence-electron chi connectivity index (χ4n) is 4.15. The maximum Gasteiger partial charge on any atom is 0.309 e. The number of rotatable bonds is 5. The van der Waals surface area contributed by atoms with Gasteiger partial charge in [-0.2, -0.15) is 10.3 Å². The number of hydrogen-bond acceptors (Lipinski definition) is 4. The first-order valence-corrected chi connectivity index (χ1v) is 9.52. The van der Waals surface area contributed by atoms with Crippen LogP contribution in [-0.2, 0) is 4.79 Å². The van der Waals surface area contributed by atoms with Gasteiger partial charge in [0.1, 0.15) is 5.75 Å². The van der Waals surface area contributed by atoms with Crippen LogP contribution >= 0.6 is 11.6 Å². The molecule has 144 valence electrons. The number of hydrogen-bond donors (Lipinski definition) is 2. The maximum atomic E-state index is 11.6. The minimum Gasteiger partial charge on any atom is -0.481 e. The van der Waals surface area contributed by atoms with Crippen molar-refractivity contribution in [2.45, 2.75) is 63.5 Å². The summed E-state index contributed by atoms with van der Waals surface area (Å²) in [7, 11) is 0. The lowest BCUT2D eigenvalue weighted by Crippen LogP contribution is -2.62. The Morgan fingerprint density at radius 2 is 1.78 bits per heavy atom. The number of fused-ring (bicyclic) bond motifs is 3. The number of ether oxygens (including phenoxy) is 1. The van der Waals surface area contributed by atoms with E-state index in [4.69, 9.17) is 16.3 Å². The molecule has 3 aliphatic rings. The number of aliphatic carboxylic acids is 1. The van der Waals surface area contributed by atoms with E-state index in [9.17, 15) is 15.2 Å². The van der Waals surface area contributed by atoms with Crippen LogP contribution in [0.15, 0.2) is 29.3 Å². The smallest absolute Gasteiger partial charge is 0.309 e. The number of carboxylic acids is 1. The highest BCUT2D eigenvalue weighted by Crippen LogP contribution is 2.52. The molecule has 3 aliphatic carbocycles. The van der Waals surface area contributed by atoms with Crippen molar-refractivity contribution in [2.75, 3.05) is 0 Å². The SMILES string of the molecule is CC(C)(Oc1ccc(Cl)cc1)/C(=N/C#N)NC12CCC(C(=O)O)(CC1)CC2. The van der Waals surface area contributed by atoms with E-state index >= 15 is 0 Å². The second kappa shape index (κ2) is 7.05. The zero-order valence-electron chi connectivity index (χ0n) is 15.6. The second-order valence-corrected chi connectivity index (χ2v) is 8.55. The lowest BCUT2D eigenvalue weighted by Gasteiger charge is -2.52. The number of nitriles is 1. The molecule has 0 spiro atoms. The molecule has 3 fully saturated rings. The highest BCUT2D eigenvalue weighted by atomic mass is 35.5. The van der Waals surface area contributed by atoms with Gasteiger partial charge in [-0.3, -0.25) is 4.79 Å². The van der Waals surface area contributed by atoms with Crippen LogP contribution in [-0.4, -0.2) is 28.1 Å². The number of halogens is 1. The van der Waals surface area contributed by atoms with Gasteiger partial charge in [0, 0.05) is 10.6 Å². The zero-order chi connectivity index (χ0) is 19.7. The van der Waals surface area contributed by atoms with Crippen LogP contribution in [0, 0.1) is 16.9 Å². The standard InChI is InChI=1S/C20H24ClN3O3/c1-18(2,27-15-5-3-14(21)4-6-15)16(23-13-22)24-20-10-7-19(8-11-20,9-12-20)17(25)26/h3-6H,7-12H2,1-2H3,(H,23,24)(H,25,26). The van der Waals surface area contributed by atoms with Gasteiger partial charge in [-0.25, -0.2) is 0 Å². The molecule has 0 amide bonds. The van der Waals surface area contributed by atoms with Crippen LogP contribution < -0.4 is 10.1 Å². The number of nitrogens with zero attached hydrogens (tertiary/aromatic N) is 2. The maximum absolute atomic E-state index is 11.6. The predicted molar refractivity (Wildman–Crippen MR) is 103 cm³/mol. The summed E-state index contributed by atoms with van der Waals surface area (Å²) in [5.41, 5.74) is -1.66. The van der Waals surface area contributed by atoms with Gasteiger partial charge in [0.25, 0.3) is 0 Å². The minimum absolute atomic E-state index is 0.229. The predicted octanol–water partition coefficient (Wildman–Crippen LogP) is 4.14. The Bertz CT molecular complexity index is 771. The molecule has 0 heterocycles. The Morgan fingerprint density at radius 3 is 2.26 bits per heavy atom. The molecule has 2 bridgehead atoms. The molecular weight excluding hydrogens is 366 g/mol. The first-order valence-electron chi connectivity index (χ1n) is 9.14. The van der Waals surface area contributed by atoms with Crippen molar-refractivity contribution in [1.82, 2.24) is 5.32 Å². The fourth-order valence-corrected chi connectivity index (χ4v) is 4.28. The Labute approximate surface area is 164 Å². The molecule has 0 saturated heterocycles. The van der Waals surface area contributed by atoms with E-state index in [1.807, 2.05) is 20.0 Å². The van der Waals surface area contributed by atoms with Crippen molar-refractivity contribution in [3.8, 4) is 11.9 Å². The Morgan fingerprint density at radius 1 is 1.22 bits per heavy atom. The minimum atomic E-state index is -0.850. The summed E-state index contributed by atoms with van der Waals surface area (Å²) in [6.45, 7) is 3.71. The van der Waals surface area contributed by atoms with Crippen LogP contribution in [0.4, 0.5) is 0 Å². The summed E-state index contributed by atoms with van der Waals surface area (Å²) in [4.78, 5) is 15.6. The van der Waals surface area contributed by atoms with E-state index in [0.717, 1.165) is 19.3 Å². The molecule has 2 N–H and O–H groups in total. The summed E-state index contributed by atoms with van der Waals surface area (Å²) in [6.07, 6.45) is 6.06. The first-order chi connectivity index (χ1) is 12.7. The van der Waals surface area contributed by atoms with Crippen LogP contribution in [0.3, 0.4) is 0 Å². The quantitative estimate of drug-likeness (QED) is 0.448. The molecule has 0 atom stereocenters. The highest BCUT2D eigenvalue weighted by Gasteiger charge is 2.53. The van der Waals surface area contributed by atoms with Crippen LogP contribution in [0.1, 0.15) is 52.4 Å².